The molecule has 4 heteroatoms. The SMILES string of the molecule is CC1CCCC(NC(=O)C2CCC(C(=O)NC3CCCC(C)C3)CC2)C1. The average molecular weight is 363 g/mol. The van der Waals surface area contributed by atoms with Crippen molar-refractivity contribution >= 4 is 11.8 Å². The minimum atomic E-state index is 0.117. The average Bonchev–Trinajstić information content (AvgIpc) is 2.62. The van der Waals surface area contributed by atoms with E-state index in [2.05, 4.69) is 24.5 Å². The highest BCUT2D eigenvalue weighted by Crippen LogP contribution is 2.31. The maximum absolute atomic E-state index is 12.6. The number of rotatable bonds is 4. The van der Waals surface area contributed by atoms with Gasteiger partial charge in [0.15, 0.2) is 0 Å². The number of carbonyl (C=O) groups excluding carboxylic acids is 2. The van der Waals surface area contributed by atoms with Gasteiger partial charge in [-0.05, 0) is 63.2 Å². The molecule has 0 radical (unpaired) electrons. The van der Waals surface area contributed by atoms with Crippen molar-refractivity contribution in [2.45, 2.75) is 103 Å². The zero-order valence-electron chi connectivity index (χ0n) is 16.8. The summed E-state index contributed by atoms with van der Waals surface area (Å²) in [6.07, 6.45) is 13.1. The van der Waals surface area contributed by atoms with Crippen LogP contribution in [0, 0.1) is 23.7 Å². The first-order valence-electron chi connectivity index (χ1n) is 11.1. The Hall–Kier alpha value is -1.06. The molecule has 2 amide bonds. The van der Waals surface area contributed by atoms with Crippen LogP contribution in [0.4, 0.5) is 0 Å². The molecule has 3 saturated carbocycles. The van der Waals surface area contributed by atoms with Gasteiger partial charge in [0.1, 0.15) is 0 Å². The van der Waals surface area contributed by atoms with Crippen molar-refractivity contribution in [1.29, 1.82) is 0 Å². The fourth-order valence-electron chi connectivity index (χ4n) is 5.39. The predicted molar refractivity (Wildman–Crippen MR) is 105 cm³/mol. The zero-order valence-corrected chi connectivity index (χ0v) is 16.8. The van der Waals surface area contributed by atoms with E-state index in [1.807, 2.05) is 0 Å². The highest BCUT2D eigenvalue weighted by Gasteiger charge is 2.32. The van der Waals surface area contributed by atoms with Crippen molar-refractivity contribution < 1.29 is 9.59 Å². The normalized spacial score (nSPS) is 38.4. The Morgan fingerprint density at radius 1 is 0.615 bits per heavy atom. The molecule has 4 atom stereocenters. The Morgan fingerprint density at radius 2 is 1.00 bits per heavy atom. The molecule has 0 spiro atoms. The van der Waals surface area contributed by atoms with E-state index in [4.69, 9.17) is 0 Å². The van der Waals surface area contributed by atoms with Gasteiger partial charge in [-0.3, -0.25) is 9.59 Å². The van der Waals surface area contributed by atoms with Crippen molar-refractivity contribution in [3.8, 4) is 0 Å². The molecule has 4 unspecified atom stereocenters. The monoisotopic (exact) mass is 362 g/mol. The van der Waals surface area contributed by atoms with E-state index in [-0.39, 0.29) is 23.7 Å². The molecule has 0 aromatic carbocycles. The molecule has 4 nitrogen and oxygen atoms in total. The lowest BCUT2D eigenvalue weighted by Crippen LogP contribution is -2.44. The standard InChI is InChI=1S/C22H38N2O2/c1-15-5-3-7-19(13-15)23-21(25)17-9-11-18(12-10-17)22(26)24-20-8-4-6-16(2)14-20/h15-20H,3-14H2,1-2H3,(H,23,25)(H,24,26). The lowest BCUT2D eigenvalue weighted by Gasteiger charge is -2.33. The molecule has 3 rings (SSSR count). The van der Waals surface area contributed by atoms with E-state index in [0.717, 1.165) is 63.2 Å². The summed E-state index contributed by atoms with van der Waals surface area (Å²) in [6.45, 7) is 4.57. The molecule has 0 saturated heterocycles. The minimum absolute atomic E-state index is 0.117. The second-order valence-electron chi connectivity index (χ2n) is 9.50. The highest BCUT2D eigenvalue weighted by molar-refractivity contribution is 5.81. The molecule has 3 fully saturated rings. The fourth-order valence-corrected chi connectivity index (χ4v) is 5.39. The molecule has 0 heterocycles. The maximum atomic E-state index is 12.6. The molecule has 26 heavy (non-hydrogen) atoms. The van der Waals surface area contributed by atoms with Crippen LogP contribution in [0.1, 0.15) is 90.9 Å². The maximum Gasteiger partial charge on any atom is 0.223 e. The summed E-state index contributed by atoms with van der Waals surface area (Å²) < 4.78 is 0. The molecule has 2 N–H and O–H groups in total. The molecule has 0 bridgehead atoms. The molecule has 0 aromatic heterocycles. The lowest BCUT2D eigenvalue weighted by molar-refractivity contribution is -0.131. The summed E-state index contributed by atoms with van der Waals surface area (Å²) in [6, 6.07) is 0.751. The molecule has 148 valence electrons. The van der Waals surface area contributed by atoms with E-state index in [9.17, 15) is 9.59 Å². The minimum Gasteiger partial charge on any atom is -0.353 e. The highest BCUT2D eigenvalue weighted by atomic mass is 16.2. The largest absolute Gasteiger partial charge is 0.353 e. The van der Waals surface area contributed by atoms with Crippen molar-refractivity contribution in [2.24, 2.45) is 23.7 Å². The number of hydrogen-bond acceptors (Lipinski definition) is 2. The number of nitrogens with one attached hydrogen (secondary N) is 2. The van der Waals surface area contributed by atoms with Gasteiger partial charge in [-0.25, -0.2) is 0 Å². The van der Waals surface area contributed by atoms with Crippen molar-refractivity contribution in [1.82, 2.24) is 10.6 Å². The Labute approximate surface area is 159 Å². The van der Waals surface area contributed by atoms with Crippen molar-refractivity contribution in [3.05, 3.63) is 0 Å². The van der Waals surface area contributed by atoms with E-state index in [0.29, 0.717) is 12.1 Å². The van der Waals surface area contributed by atoms with Gasteiger partial charge in [0.05, 0.1) is 0 Å². The smallest absolute Gasteiger partial charge is 0.223 e. The van der Waals surface area contributed by atoms with E-state index < -0.39 is 0 Å². The summed E-state index contributed by atoms with van der Waals surface area (Å²) in [5, 5.41) is 6.59. The van der Waals surface area contributed by atoms with Gasteiger partial charge in [-0.2, -0.15) is 0 Å². The van der Waals surface area contributed by atoms with Crippen LogP contribution in [-0.4, -0.2) is 23.9 Å². The second-order valence-corrected chi connectivity index (χ2v) is 9.50. The van der Waals surface area contributed by atoms with Gasteiger partial charge in [0.25, 0.3) is 0 Å². The van der Waals surface area contributed by atoms with Crippen LogP contribution in [0.5, 0.6) is 0 Å². The predicted octanol–water partition coefficient (Wildman–Crippen LogP) is 4.18. The summed E-state index contributed by atoms with van der Waals surface area (Å²) >= 11 is 0. The van der Waals surface area contributed by atoms with Crippen LogP contribution < -0.4 is 10.6 Å². The van der Waals surface area contributed by atoms with Crippen LogP contribution in [0.2, 0.25) is 0 Å². The molecule has 3 aliphatic rings. The first kappa shape index (κ1) is 19.7. The van der Waals surface area contributed by atoms with Gasteiger partial charge >= 0.3 is 0 Å². The first-order chi connectivity index (χ1) is 12.5. The van der Waals surface area contributed by atoms with Crippen LogP contribution in [0.3, 0.4) is 0 Å². The van der Waals surface area contributed by atoms with Crippen LogP contribution in [0.15, 0.2) is 0 Å². The second kappa shape index (κ2) is 9.23. The summed E-state index contributed by atoms with van der Waals surface area (Å²) in [7, 11) is 0. The Morgan fingerprint density at radius 3 is 1.35 bits per heavy atom. The first-order valence-corrected chi connectivity index (χ1v) is 11.1. The number of hydrogen-bond donors (Lipinski definition) is 2. The number of amides is 2. The van der Waals surface area contributed by atoms with E-state index in [1.165, 1.54) is 25.7 Å². The third kappa shape index (κ3) is 5.47. The fraction of sp³-hybridized carbons (Fsp3) is 0.909. The molecule has 0 aliphatic heterocycles. The summed E-state index contributed by atoms with van der Waals surface area (Å²) in [5.41, 5.74) is 0. The summed E-state index contributed by atoms with van der Waals surface area (Å²) in [5.74, 6) is 2.18. The third-order valence-corrected chi connectivity index (χ3v) is 7.03. The zero-order chi connectivity index (χ0) is 18.5. The van der Waals surface area contributed by atoms with Crippen molar-refractivity contribution in [2.75, 3.05) is 0 Å². The van der Waals surface area contributed by atoms with Crippen LogP contribution in [-0.2, 0) is 9.59 Å². The summed E-state index contributed by atoms with van der Waals surface area (Å²) in [4.78, 5) is 25.2. The Bertz CT molecular complexity index is 441. The quantitative estimate of drug-likeness (QED) is 0.788. The van der Waals surface area contributed by atoms with Gasteiger partial charge in [0, 0.05) is 23.9 Å². The molecular weight excluding hydrogens is 324 g/mol. The molecule has 3 aliphatic carbocycles. The lowest BCUT2D eigenvalue weighted by atomic mass is 9.80. The van der Waals surface area contributed by atoms with Gasteiger partial charge < -0.3 is 10.6 Å². The van der Waals surface area contributed by atoms with Crippen LogP contribution >= 0.6 is 0 Å². The van der Waals surface area contributed by atoms with Gasteiger partial charge in [-0.1, -0.05) is 39.5 Å². The van der Waals surface area contributed by atoms with E-state index in [1.54, 1.807) is 0 Å². The van der Waals surface area contributed by atoms with Crippen LogP contribution in [0.25, 0.3) is 0 Å². The molecular formula is C22H38N2O2. The van der Waals surface area contributed by atoms with Crippen molar-refractivity contribution in [3.63, 3.8) is 0 Å². The Balaban J connectivity index is 1.39. The Kier molecular flexibility index (Phi) is 6.99. The number of carbonyl (C=O) groups is 2. The topological polar surface area (TPSA) is 58.2 Å². The van der Waals surface area contributed by atoms with E-state index >= 15 is 0 Å². The van der Waals surface area contributed by atoms with Gasteiger partial charge in [-0.15, -0.1) is 0 Å². The molecule has 0 aromatic rings. The third-order valence-electron chi connectivity index (χ3n) is 7.03. The van der Waals surface area contributed by atoms with Gasteiger partial charge in [0.2, 0.25) is 11.8 Å².